The summed E-state index contributed by atoms with van der Waals surface area (Å²) in [6.07, 6.45) is -4.95. The Hall–Kier alpha value is -3.09. The quantitative estimate of drug-likeness (QED) is 0.727. The molecule has 0 atom stereocenters. The monoisotopic (exact) mass is 360 g/mol. The number of benzene rings is 2. The normalized spacial score (nSPS) is 11.4. The summed E-state index contributed by atoms with van der Waals surface area (Å²) in [5.41, 5.74) is 2.16. The van der Waals surface area contributed by atoms with Gasteiger partial charge in [0.05, 0.1) is 17.8 Å². The molecule has 0 fully saturated rings. The summed E-state index contributed by atoms with van der Waals surface area (Å²) in [6.45, 7) is 2.19. The van der Waals surface area contributed by atoms with Crippen molar-refractivity contribution in [2.24, 2.45) is 0 Å². The van der Waals surface area contributed by atoms with E-state index in [-0.39, 0.29) is 5.69 Å². The second-order valence-electron chi connectivity index (χ2n) is 5.49. The lowest BCUT2D eigenvalue weighted by atomic mass is 10.1. The van der Waals surface area contributed by atoms with Crippen molar-refractivity contribution in [3.05, 3.63) is 54.6 Å². The highest BCUT2D eigenvalue weighted by Crippen LogP contribution is 2.32. The molecule has 0 aliphatic heterocycles. The number of aromatic nitrogens is 1. The fourth-order valence-electron chi connectivity index (χ4n) is 2.51. The average molecular weight is 360 g/mol. The van der Waals surface area contributed by atoms with Crippen molar-refractivity contribution in [3.8, 4) is 17.0 Å². The van der Waals surface area contributed by atoms with Crippen molar-refractivity contribution in [3.63, 3.8) is 0 Å². The summed E-state index contributed by atoms with van der Waals surface area (Å²) in [5.74, 6) is -1.54. The Balaban J connectivity index is 2.06. The Labute approximate surface area is 147 Å². The van der Waals surface area contributed by atoms with Crippen molar-refractivity contribution in [2.75, 3.05) is 11.9 Å². The summed E-state index contributed by atoms with van der Waals surface area (Å²) in [4.78, 5) is 15.7. The van der Waals surface area contributed by atoms with Gasteiger partial charge in [0.25, 0.3) is 0 Å². The lowest BCUT2D eigenvalue weighted by molar-refractivity contribution is -0.167. The third kappa shape index (κ3) is 3.77. The van der Waals surface area contributed by atoms with Crippen molar-refractivity contribution < 1.29 is 22.7 Å². The Morgan fingerprint density at radius 2 is 1.85 bits per heavy atom. The number of alkyl halides is 3. The molecule has 0 saturated heterocycles. The number of nitrogens with zero attached hydrogens (tertiary/aromatic N) is 1. The van der Waals surface area contributed by atoms with Gasteiger partial charge in [-0.1, -0.05) is 30.3 Å². The van der Waals surface area contributed by atoms with Crippen molar-refractivity contribution in [1.29, 1.82) is 0 Å². The molecule has 0 aliphatic rings. The van der Waals surface area contributed by atoms with E-state index in [9.17, 15) is 18.0 Å². The van der Waals surface area contributed by atoms with Gasteiger partial charge in [-0.15, -0.1) is 0 Å². The number of nitrogens with one attached hydrogen (secondary N) is 1. The minimum absolute atomic E-state index is 0.0232. The molecule has 0 aliphatic carbocycles. The number of fused-ring (bicyclic) bond motifs is 1. The van der Waals surface area contributed by atoms with Gasteiger partial charge in [-0.2, -0.15) is 13.2 Å². The van der Waals surface area contributed by atoms with Crippen LogP contribution in [-0.4, -0.2) is 23.7 Å². The van der Waals surface area contributed by atoms with Crippen LogP contribution < -0.4 is 10.1 Å². The van der Waals surface area contributed by atoms with Crippen LogP contribution in [0, 0.1) is 0 Å². The number of pyridine rings is 1. The standard InChI is InChI=1S/C19H15F3N2O2/c1-2-26-17-11-16(12-6-4-3-5-7-12)24-15-9-8-13(10-14(15)17)23-18(25)19(20,21)22/h3-11H,2H2,1H3,(H,23,25). The predicted molar refractivity (Wildman–Crippen MR) is 93.0 cm³/mol. The molecule has 2 aromatic carbocycles. The molecule has 7 heteroatoms. The maximum Gasteiger partial charge on any atom is 0.471 e. The smallest absolute Gasteiger partial charge is 0.471 e. The van der Waals surface area contributed by atoms with Gasteiger partial charge < -0.3 is 10.1 Å². The van der Waals surface area contributed by atoms with Gasteiger partial charge in [-0.25, -0.2) is 4.98 Å². The van der Waals surface area contributed by atoms with Crippen LogP contribution in [-0.2, 0) is 4.79 Å². The number of anilines is 1. The minimum atomic E-state index is -4.95. The van der Waals surface area contributed by atoms with Crippen LogP contribution in [0.5, 0.6) is 5.75 Å². The highest BCUT2D eigenvalue weighted by atomic mass is 19.4. The summed E-state index contributed by atoms with van der Waals surface area (Å²) in [6, 6.07) is 15.6. The van der Waals surface area contributed by atoms with Gasteiger partial charge in [-0.05, 0) is 25.1 Å². The molecule has 134 valence electrons. The second-order valence-corrected chi connectivity index (χ2v) is 5.49. The maximum atomic E-state index is 12.4. The topological polar surface area (TPSA) is 51.2 Å². The van der Waals surface area contributed by atoms with E-state index in [2.05, 4.69) is 4.98 Å². The van der Waals surface area contributed by atoms with Crippen molar-refractivity contribution in [2.45, 2.75) is 13.1 Å². The maximum absolute atomic E-state index is 12.4. The van der Waals surface area contributed by atoms with Crippen LogP contribution >= 0.6 is 0 Å². The molecule has 0 bridgehead atoms. The van der Waals surface area contributed by atoms with E-state index >= 15 is 0 Å². The fourth-order valence-corrected chi connectivity index (χ4v) is 2.51. The number of amides is 1. The molecule has 4 nitrogen and oxygen atoms in total. The number of halogens is 3. The molecule has 1 amide bonds. The molecule has 0 saturated carbocycles. The number of rotatable bonds is 4. The van der Waals surface area contributed by atoms with Gasteiger partial charge in [0, 0.05) is 22.7 Å². The average Bonchev–Trinajstić information content (AvgIpc) is 2.62. The molecular formula is C19H15F3N2O2. The van der Waals surface area contributed by atoms with E-state index in [0.29, 0.717) is 29.0 Å². The molecule has 1 aromatic heterocycles. The van der Waals surface area contributed by atoms with Gasteiger partial charge in [0.15, 0.2) is 0 Å². The molecule has 0 spiro atoms. The molecule has 3 aromatic rings. The molecule has 26 heavy (non-hydrogen) atoms. The molecule has 1 N–H and O–H groups in total. The predicted octanol–water partition coefficient (Wildman–Crippen LogP) is 4.80. The molecule has 3 rings (SSSR count). The SMILES string of the molecule is CCOc1cc(-c2ccccc2)nc2ccc(NC(=O)C(F)(F)F)cc12. The number of carbonyl (C=O) groups excluding carboxylic acids is 1. The minimum Gasteiger partial charge on any atom is -0.493 e. The van der Waals surface area contributed by atoms with Crippen LogP contribution in [0.25, 0.3) is 22.2 Å². The zero-order valence-electron chi connectivity index (χ0n) is 13.8. The largest absolute Gasteiger partial charge is 0.493 e. The van der Waals surface area contributed by atoms with Crippen LogP contribution in [0.2, 0.25) is 0 Å². The van der Waals surface area contributed by atoms with Crippen LogP contribution in [0.3, 0.4) is 0 Å². The first-order valence-corrected chi connectivity index (χ1v) is 7.89. The number of carbonyl (C=O) groups is 1. The van der Waals surface area contributed by atoms with Crippen molar-refractivity contribution >= 4 is 22.5 Å². The second kappa shape index (κ2) is 7.03. The van der Waals surface area contributed by atoms with E-state index < -0.39 is 12.1 Å². The third-order valence-corrected chi connectivity index (χ3v) is 3.66. The summed E-state index contributed by atoms with van der Waals surface area (Å²) in [7, 11) is 0. The summed E-state index contributed by atoms with van der Waals surface area (Å²) >= 11 is 0. The number of hydrogen-bond donors (Lipinski definition) is 1. The van der Waals surface area contributed by atoms with Gasteiger partial charge in [0.1, 0.15) is 5.75 Å². The lowest BCUT2D eigenvalue weighted by Crippen LogP contribution is -2.29. The highest BCUT2D eigenvalue weighted by Gasteiger charge is 2.38. The first kappa shape index (κ1) is 17.7. The van der Waals surface area contributed by atoms with Gasteiger partial charge >= 0.3 is 12.1 Å². The van der Waals surface area contributed by atoms with E-state index in [1.54, 1.807) is 12.1 Å². The number of hydrogen-bond acceptors (Lipinski definition) is 3. The number of ether oxygens (including phenoxy) is 1. The Kier molecular flexibility index (Phi) is 4.79. The van der Waals surface area contributed by atoms with Crippen LogP contribution in [0.4, 0.5) is 18.9 Å². The summed E-state index contributed by atoms with van der Waals surface area (Å²) in [5, 5.41) is 2.36. The molecular weight excluding hydrogens is 345 g/mol. The van der Waals surface area contributed by atoms with E-state index in [4.69, 9.17) is 4.74 Å². The summed E-state index contributed by atoms with van der Waals surface area (Å²) < 4.78 is 43.0. The van der Waals surface area contributed by atoms with Crippen LogP contribution in [0.15, 0.2) is 54.6 Å². The van der Waals surface area contributed by atoms with Gasteiger partial charge in [0.2, 0.25) is 0 Å². The zero-order valence-corrected chi connectivity index (χ0v) is 13.8. The molecule has 1 heterocycles. The van der Waals surface area contributed by atoms with E-state index in [1.165, 1.54) is 12.1 Å². The first-order chi connectivity index (χ1) is 12.4. The van der Waals surface area contributed by atoms with Gasteiger partial charge in [-0.3, -0.25) is 4.79 Å². The fraction of sp³-hybridized carbons (Fsp3) is 0.158. The van der Waals surface area contributed by atoms with E-state index in [1.807, 2.05) is 42.6 Å². The van der Waals surface area contributed by atoms with Crippen molar-refractivity contribution in [1.82, 2.24) is 4.98 Å². The Bertz CT molecular complexity index is 941. The highest BCUT2D eigenvalue weighted by molar-refractivity contribution is 5.98. The Morgan fingerprint density at radius 1 is 1.12 bits per heavy atom. The lowest BCUT2D eigenvalue weighted by Gasteiger charge is -2.13. The third-order valence-electron chi connectivity index (χ3n) is 3.66. The zero-order chi connectivity index (χ0) is 18.7. The van der Waals surface area contributed by atoms with Crippen LogP contribution in [0.1, 0.15) is 6.92 Å². The molecule has 0 unspecified atom stereocenters. The van der Waals surface area contributed by atoms with E-state index in [0.717, 1.165) is 5.56 Å². The first-order valence-electron chi connectivity index (χ1n) is 7.89. The Morgan fingerprint density at radius 3 is 2.50 bits per heavy atom. The molecule has 0 radical (unpaired) electrons.